The largest absolute Gasteiger partial charge is 0.790 e. The number of anilines is 1. The zero-order valence-corrected chi connectivity index (χ0v) is 32.2. The van der Waals surface area contributed by atoms with Gasteiger partial charge in [0.15, 0.2) is 22.3 Å². The Morgan fingerprint density at radius 3 is 2.41 bits per heavy atom. The van der Waals surface area contributed by atoms with Gasteiger partial charge in [0.1, 0.15) is 36.3 Å². The molecule has 0 bridgehead atoms. The smallest absolute Gasteiger partial charge is 0.274 e. The van der Waals surface area contributed by atoms with E-state index in [-0.39, 0.29) is 60.4 Å². The Balaban J connectivity index is 1.55. The third-order valence-corrected chi connectivity index (χ3v) is 11.5. The van der Waals surface area contributed by atoms with Crippen LogP contribution in [0.2, 0.25) is 0 Å². The molecular weight excluding hydrogens is 811 g/mol. The normalized spacial score (nSPS) is 23.4. The van der Waals surface area contributed by atoms with E-state index >= 15 is 0 Å². The van der Waals surface area contributed by atoms with E-state index in [0.29, 0.717) is 0 Å². The Bertz CT molecular complexity index is 1800. The molecule has 7 N–H and O–H groups in total. The summed E-state index contributed by atoms with van der Waals surface area (Å²) in [4.78, 5) is 95.4. The van der Waals surface area contributed by atoms with Crippen molar-refractivity contribution in [1.29, 1.82) is 0 Å². The van der Waals surface area contributed by atoms with E-state index in [1.165, 1.54) is 20.8 Å². The summed E-state index contributed by atoms with van der Waals surface area (Å²) in [5.41, 5.74) is 1.99. The third-order valence-electron chi connectivity index (χ3n) is 7.54. The molecule has 54 heavy (non-hydrogen) atoms. The highest BCUT2D eigenvalue weighted by Gasteiger charge is 2.55. The molecule has 3 heterocycles. The fraction of sp³-hybridized carbons (Fsp3) is 0.680. The standard InChI is InChI=1S/C25H42N7O18P3S/c1-24(2,20(37)23(38)28-6-4-15(34)27-7-9-54-16(35)5-8-33)11-47-53(44,45)50-52(42,43)46-10-14-18(49-51(39,40)41)19(36)25(3,48-14)32-13-31-17-21(26)29-12-30-22(17)32/h12-14,18-20,33,36-37H,4-11H2,1-3H3,(H,27,34)(H,28,38)(H,42,43)(H,44,45)(H2,26,29,30)(H2,39,40,41)/p-4. The molecule has 1 fully saturated rings. The molecular formula is C25H38N7O18P3S-4. The molecule has 1 saturated heterocycles. The molecule has 0 aromatic carbocycles. The molecule has 1 aliphatic heterocycles. The van der Waals surface area contributed by atoms with Gasteiger partial charge in [-0.25, -0.2) is 19.3 Å². The van der Waals surface area contributed by atoms with E-state index in [2.05, 4.69) is 43.5 Å². The number of aliphatic hydroxyl groups is 3. The van der Waals surface area contributed by atoms with Gasteiger partial charge in [0.05, 0.1) is 34.0 Å². The number of nitrogens with two attached hydrogens (primary N) is 1. The van der Waals surface area contributed by atoms with Crippen LogP contribution in [0.15, 0.2) is 12.7 Å². The number of carbonyl (C=O) groups is 3. The number of phosphoric ester groups is 3. The van der Waals surface area contributed by atoms with Crippen LogP contribution in [0.3, 0.4) is 0 Å². The minimum absolute atomic E-state index is 0.0235. The second-order valence-corrected chi connectivity index (χ2v) is 17.5. The van der Waals surface area contributed by atoms with Crippen molar-refractivity contribution in [2.45, 2.75) is 63.8 Å². The van der Waals surface area contributed by atoms with E-state index in [1.807, 2.05) is 0 Å². The topological polar surface area (TPSA) is 395 Å². The van der Waals surface area contributed by atoms with Gasteiger partial charge < -0.3 is 74.1 Å². The van der Waals surface area contributed by atoms with Gasteiger partial charge in [0.2, 0.25) is 11.8 Å². The van der Waals surface area contributed by atoms with Gasteiger partial charge >= 0.3 is 0 Å². The number of thioether (sulfide) groups is 1. The second-order valence-electron chi connectivity index (χ2n) is 12.2. The lowest BCUT2D eigenvalue weighted by Crippen LogP contribution is -2.46. The van der Waals surface area contributed by atoms with Crippen molar-refractivity contribution < 1.29 is 85.6 Å². The molecule has 7 unspecified atom stereocenters. The van der Waals surface area contributed by atoms with Gasteiger partial charge in [0, 0.05) is 37.1 Å². The molecule has 0 radical (unpaired) electrons. The van der Waals surface area contributed by atoms with Gasteiger partial charge in [-0.15, -0.1) is 0 Å². The number of carbonyl (C=O) groups excluding carboxylic acids is 3. The fourth-order valence-electron chi connectivity index (χ4n) is 4.75. The molecule has 3 rings (SSSR count). The van der Waals surface area contributed by atoms with E-state index in [1.54, 1.807) is 0 Å². The Morgan fingerprint density at radius 2 is 1.76 bits per heavy atom. The minimum atomic E-state index is -5.94. The van der Waals surface area contributed by atoms with Crippen LogP contribution in [0, 0.1) is 5.41 Å². The zero-order valence-electron chi connectivity index (χ0n) is 28.7. The van der Waals surface area contributed by atoms with Crippen LogP contribution in [0.25, 0.3) is 11.2 Å². The quantitative estimate of drug-likeness (QED) is 0.0511. The van der Waals surface area contributed by atoms with Crippen LogP contribution in [-0.4, -0.2) is 115 Å². The van der Waals surface area contributed by atoms with E-state index < -0.39 is 84.1 Å². The number of nitrogens with one attached hydrogen (secondary N) is 2. The summed E-state index contributed by atoms with van der Waals surface area (Å²) in [5.74, 6) is -1.36. The van der Waals surface area contributed by atoms with E-state index in [9.17, 15) is 57.9 Å². The number of rotatable bonds is 21. The maximum absolute atomic E-state index is 12.5. The molecule has 2 amide bonds. The first-order chi connectivity index (χ1) is 24.9. The Kier molecular flexibility index (Phi) is 15.8. The highest BCUT2D eigenvalue weighted by molar-refractivity contribution is 8.13. The molecule has 29 heteroatoms. The number of aromatic nitrogens is 4. The summed E-state index contributed by atoms with van der Waals surface area (Å²) in [6.07, 6.45) is -6.17. The van der Waals surface area contributed by atoms with Gasteiger partial charge in [-0.3, -0.25) is 28.1 Å². The average molecular weight is 850 g/mol. The highest BCUT2D eigenvalue weighted by atomic mass is 32.2. The van der Waals surface area contributed by atoms with Crippen LogP contribution in [0.5, 0.6) is 0 Å². The second kappa shape index (κ2) is 18.6. The number of hydrogen-bond acceptors (Lipinski definition) is 23. The van der Waals surface area contributed by atoms with Crippen molar-refractivity contribution in [3.05, 3.63) is 12.7 Å². The third kappa shape index (κ3) is 12.8. The molecule has 0 saturated carbocycles. The van der Waals surface area contributed by atoms with Crippen molar-refractivity contribution >= 4 is 69.1 Å². The monoisotopic (exact) mass is 849 g/mol. The first kappa shape index (κ1) is 45.9. The number of hydrogen-bond donors (Lipinski definition) is 6. The summed E-state index contributed by atoms with van der Waals surface area (Å²) in [5, 5.41) is 34.7. The van der Waals surface area contributed by atoms with Crippen molar-refractivity contribution in [3.63, 3.8) is 0 Å². The van der Waals surface area contributed by atoms with Gasteiger partial charge in [0.25, 0.3) is 15.6 Å². The fourth-order valence-corrected chi connectivity index (χ4v) is 8.14. The minimum Gasteiger partial charge on any atom is -0.790 e. The molecule has 2 aromatic rings. The highest BCUT2D eigenvalue weighted by Crippen LogP contribution is 2.56. The Labute approximate surface area is 310 Å². The summed E-state index contributed by atoms with van der Waals surface area (Å²) in [7, 11) is -17.7. The van der Waals surface area contributed by atoms with Crippen molar-refractivity contribution in [1.82, 2.24) is 30.2 Å². The summed E-state index contributed by atoms with van der Waals surface area (Å²) in [6.45, 7) is 0.830. The maximum atomic E-state index is 12.5. The molecule has 0 spiro atoms. The molecule has 2 aromatic heterocycles. The number of aliphatic hydroxyl groups excluding tert-OH is 3. The zero-order chi connectivity index (χ0) is 40.7. The molecule has 7 atom stereocenters. The number of phosphoric acid groups is 3. The van der Waals surface area contributed by atoms with Crippen LogP contribution in [0.4, 0.5) is 5.82 Å². The average Bonchev–Trinajstić information content (AvgIpc) is 3.60. The molecule has 306 valence electrons. The number of nitrogens with zero attached hydrogens (tertiary/aromatic N) is 4. The lowest BCUT2D eigenvalue weighted by atomic mass is 9.87. The van der Waals surface area contributed by atoms with Crippen molar-refractivity contribution in [2.24, 2.45) is 5.41 Å². The van der Waals surface area contributed by atoms with Gasteiger partial charge in [-0.2, -0.15) is 0 Å². The Hall–Kier alpha value is -2.48. The SMILES string of the molecule is CC(C)(COP(=O)([O-])OP(=O)([O-])OCC1OC(C)(n2cnc3c(N)ncnc32)C(O)C1OP(=O)([O-])[O-])C(O)C(=O)NCCC(=O)NCCSC(=O)CCO. The first-order valence-corrected chi connectivity index (χ1v) is 20.9. The van der Waals surface area contributed by atoms with Gasteiger partial charge in [-0.1, -0.05) is 25.6 Å². The number of ether oxygens (including phenoxy) is 1. The number of nitrogen functional groups attached to an aromatic ring is 1. The van der Waals surface area contributed by atoms with Crippen LogP contribution in [0.1, 0.15) is 33.6 Å². The predicted molar refractivity (Wildman–Crippen MR) is 175 cm³/mol. The molecule has 25 nitrogen and oxygen atoms in total. The lowest BCUT2D eigenvalue weighted by molar-refractivity contribution is -0.347. The number of amides is 2. The Morgan fingerprint density at radius 1 is 1.09 bits per heavy atom. The predicted octanol–water partition coefficient (Wildman–Crippen LogP) is -4.31. The molecule has 0 aliphatic carbocycles. The number of fused-ring (bicyclic) bond motifs is 1. The van der Waals surface area contributed by atoms with Crippen molar-refractivity contribution in [2.75, 3.05) is 44.4 Å². The van der Waals surface area contributed by atoms with E-state index in [4.69, 9.17) is 15.6 Å². The van der Waals surface area contributed by atoms with Crippen LogP contribution < -0.4 is 35.9 Å². The summed E-state index contributed by atoms with van der Waals surface area (Å²) >= 11 is 0.923. The lowest BCUT2D eigenvalue weighted by Gasteiger charge is -2.36. The molecule has 1 aliphatic rings. The first-order valence-electron chi connectivity index (χ1n) is 15.5. The summed E-state index contributed by atoms with van der Waals surface area (Å²) < 4.78 is 60.8. The summed E-state index contributed by atoms with van der Waals surface area (Å²) in [6, 6.07) is 0. The van der Waals surface area contributed by atoms with Gasteiger partial charge in [-0.05, 0) is 6.92 Å². The van der Waals surface area contributed by atoms with E-state index in [0.717, 1.165) is 29.0 Å². The number of imidazole rings is 1. The van der Waals surface area contributed by atoms with Crippen LogP contribution >= 0.6 is 35.2 Å². The van der Waals surface area contributed by atoms with Crippen LogP contribution in [-0.2, 0) is 56.4 Å². The van der Waals surface area contributed by atoms with Crippen molar-refractivity contribution in [3.8, 4) is 0 Å². The maximum Gasteiger partial charge on any atom is 0.274 e.